The number of thiazole rings is 1. The van der Waals surface area contributed by atoms with Crippen molar-refractivity contribution in [3.05, 3.63) is 16.6 Å². The largest absolute Gasteiger partial charge is 0.444 e. The molecule has 1 aliphatic heterocycles. The molecule has 0 N–H and O–H groups in total. The second-order valence-electron chi connectivity index (χ2n) is 6.34. The highest BCUT2D eigenvalue weighted by molar-refractivity contribution is 7.09. The van der Waals surface area contributed by atoms with Gasteiger partial charge in [0.15, 0.2) is 0 Å². The summed E-state index contributed by atoms with van der Waals surface area (Å²) in [6.07, 6.45) is 3.45. The molecule has 0 spiro atoms. The fraction of sp³-hybridized carbons (Fsp3) is 0.733. The van der Waals surface area contributed by atoms with E-state index in [1.807, 2.05) is 33.1 Å². The van der Waals surface area contributed by atoms with E-state index in [0.29, 0.717) is 6.54 Å². The molecule has 1 saturated heterocycles. The van der Waals surface area contributed by atoms with Crippen LogP contribution in [0.4, 0.5) is 4.79 Å². The number of ether oxygens (including phenoxy) is 2. The van der Waals surface area contributed by atoms with Crippen molar-refractivity contribution in [1.29, 1.82) is 0 Å². The molecule has 5 nitrogen and oxygen atoms in total. The third-order valence-corrected chi connectivity index (χ3v) is 4.16. The van der Waals surface area contributed by atoms with Gasteiger partial charge in [-0.3, -0.25) is 0 Å². The van der Waals surface area contributed by atoms with Gasteiger partial charge in [-0.05, 0) is 40.5 Å². The molecule has 2 rings (SSSR count). The Morgan fingerprint density at radius 3 is 2.90 bits per heavy atom. The Morgan fingerprint density at radius 2 is 2.29 bits per heavy atom. The summed E-state index contributed by atoms with van der Waals surface area (Å²) < 4.78 is 11.5. The highest BCUT2D eigenvalue weighted by Crippen LogP contribution is 2.25. The molecule has 1 aliphatic rings. The number of hydrogen-bond acceptors (Lipinski definition) is 5. The van der Waals surface area contributed by atoms with Crippen molar-refractivity contribution in [3.63, 3.8) is 0 Å². The lowest BCUT2D eigenvalue weighted by molar-refractivity contribution is -0.0485. The summed E-state index contributed by atoms with van der Waals surface area (Å²) in [7, 11) is 0. The number of amides is 1. The molecule has 6 heteroatoms. The number of rotatable bonds is 3. The van der Waals surface area contributed by atoms with Gasteiger partial charge in [-0.25, -0.2) is 9.78 Å². The SMILES string of the molecule is CC(O[C@H]1CCCN(C(=O)OC(C)(C)C)C1)c1nccs1. The molecule has 1 aromatic heterocycles. The smallest absolute Gasteiger partial charge is 0.410 e. The Hall–Kier alpha value is -1.14. The van der Waals surface area contributed by atoms with Gasteiger partial charge in [0.25, 0.3) is 0 Å². The van der Waals surface area contributed by atoms with Gasteiger partial charge < -0.3 is 14.4 Å². The lowest BCUT2D eigenvalue weighted by Gasteiger charge is -2.34. The van der Waals surface area contributed by atoms with Gasteiger partial charge in [-0.2, -0.15) is 0 Å². The first-order valence-corrected chi connectivity index (χ1v) is 8.26. The third kappa shape index (κ3) is 4.97. The molecule has 0 bridgehead atoms. The molecule has 118 valence electrons. The number of hydrogen-bond donors (Lipinski definition) is 0. The second kappa shape index (κ2) is 6.75. The highest BCUT2D eigenvalue weighted by Gasteiger charge is 2.29. The maximum Gasteiger partial charge on any atom is 0.410 e. The van der Waals surface area contributed by atoms with Crippen molar-refractivity contribution in [2.45, 2.75) is 58.3 Å². The molecule has 1 unspecified atom stereocenters. The minimum atomic E-state index is -0.459. The van der Waals surface area contributed by atoms with E-state index in [-0.39, 0.29) is 18.3 Å². The maximum absolute atomic E-state index is 12.1. The van der Waals surface area contributed by atoms with Gasteiger partial charge in [-0.1, -0.05) is 0 Å². The Kier molecular flexibility index (Phi) is 5.22. The first kappa shape index (κ1) is 16.2. The van der Waals surface area contributed by atoms with E-state index in [1.54, 1.807) is 22.4 Å². The van der Waals surface area contributed by atoms with Crippen molar-refractivity contribution in [3.8, 4) is 0 Å². The molecule has 1 aromatic rings. The van der Waals surface area contributed by atoms with Crippen LogP contribution >= 0.6 is 11.3 Å². The third-order valence-electron chi connectivity index (χ3n) is 3.23. The first-order valence-electron chi connectivity index (χ1n) is 7.38. The lowest BCUT2D eigenvalue weighted by Crippen LogP contribution is -2.45. The summed E-state index contributed by atoms with van der Waals surface area (Å²) in [4.78, 5) is 18.1. The predicted molar refractivity (Wildman–Crippen MR) is 82.4 cm³/mol. The average Bonchev–Trinajstić information content (AvgIpc) is 2.91. The van der Waals surface area contributed by atoms with E-state index in [2.05, 4.69) is 4.98 Å². The number of nitrogens with zero attached hydrogens (tertiary/aromatic N) is 2. The van der Waals surface area contributed by atoms with Crippen LogP contribution in [-0.2, 0) is 9.47 Å². The van der Waals surface area contributed by atoms with Crippen LogP contribution < -0.4 is 0 Å². The van der Waals surface area contributed by atoms with Crippen LogP contribution in [0.25, 0.3) is 0 Å². The van der Waals surface area contributed by atoms with Crippen molar-refractivity contribution < 1.29 is 14.3 Å². The topological polar surface area (TPSA) is 51.7 Å². The summed E-state index contributed by atoms with van der Waals surface area (Å²) in [5, 5.41) is 2.92. The Morgan fingerprint density at radius 1 is 1.52 bits per heavy atom. The van der Waals surface area contributed by atoms with Crippen molar-refractivity contribution in [2.75, 3.05) is 13.1 Å². The summed E-state index contributed by atoms with van der Waals surface area (Å²) in [6.45, 7) is 8.98. The quantitative estimate of drug-likeness (QED) is 0.855. The van der Waals surface area contributed by atoms with Crippen LogP contribution in [-0.4, -0.2) is 40.8 Å². The van der Waals surface area contributed by atoms with Crippen LogP contribution in [0.2, 0.25) is 0 Å². The zero-order chi connectivity index (χ0) is 15.5. The molecule has 2 atom stereocenters. The van der Waals surface area contributed by atoms with Gasteiger partial charge in [0.2, 0.25) is 0 Å². The van der Waals surface area contributed by atoms with Gasteiger partial charge >= 0.3 is 6.09 Å². The van der Waals surface area contributed by atoms with E-state index >= 15 is 0 Å². The van der Waals surface area contributed by atoms with E-state index in [4.69, 9.17) is 9.47 Å². The highest BCUT2D eigenvalue weighted by atomic mass is 32.1. The summed E-state index contributed by atoms with van der Waals surface area (Å²) >= 11 is 1.59. The number of likely N-dealkylation sites (tertiary alicyclic amines) is 1. The molecule has 0 aliphatic carbocycles. The van der Waals surface area contributed by atoms with Crippen LogP contribution in [0.1, 0.15) is 51.6 Å². The standard InChI is InChI=1S/C15H24N2O3S/c1-11(13-16-7-9-21-13)19-12-6-5-8-17(10-12)14(18)20-15(2,3)4/h7,9,11-12H,5-6,8,10H2,1-4H3/t11?,12-/m0/s1. The molecular weight excluding hydrogens is 288 g/mol. The van der Waals surface area contributed by atoms with Crippen molar-refractivity contribution in [2.24, 2.45) is 0 Å². The van der Waals surface area contributed by atoms with Crippen LogP contribution in [0.3, 0.4) is 0 Å². The van der Waals surface area contributed by atoms with Crippen LogP contribution in [0, 0.1) is 0 Å². The van der Waals surface area contributed by atoms with Crippen molar-refractivity contribution >= 4 is 17.4 Å². The number of piperidine rings is 1. The summed E-state index contributed by atoms with van der Waals surface area (Å²) in [5.41, 5.74) is -0.459. The Bertz CT molecular complexity index is 456. The summed E-state index contributed by atoms with van der Waals surface area (Å²) in [5.74, 6) is 0. The second-order valence-corrected chi connectivity index (χ2v) is 7.27. The minimum Gasteiger partial charge on any atom is -0.444 e. The van der Waals surface area contributed by atoms with Gasteiger partial charge in [0.05, 0.1) is 12.6 Å². The fourth-order valence-corrected chi connectivity index (χ4v) is 2.95. The van der Waals surface area contributed by atoms with E-state index < -0.39 is 5.60 Å². The number of aromatic nitrogens is 1. The zero-order valence-corrected chi connectivity index (χ0v) is 14.0. The molecule has 2 heterocycles. The normalized spacial score (nSPS) is 21.1. The lowest BCUT2D eigenvalue weighted by atomic mass is 10.1. The van der Waals surface area contributed by atoms with Gasteiger partial charge in [0.1, 0.15) is 16.7 Å². The Labute approximate surface area is 130 Å². The first-order chi connectivity index (χ1) is 9.85. The molecule has 0 saturated carbocycles. The average molecular weight is 312 g/mol. The summed E-state index contributed by atoms with van der Waals surface area (Å²) in [6, 6.07) is 0. The predicted octanol–water partition coefficient (Wildman–Crippen LogP) is 3.62. The van der Waals surface area contributed by atoms with Crippen LogP contribution in [0.5, 0.6) is 0 Å². The number of carbonyl (C=O) groups is 1. The van der Waals surface area contributed by atoms with Gasteiger partial charge in [0, 0.05) is 18.1 Å². The van der Waals surface area contributed by atoms with E-state index in [9.17, 15) is 4.79 Å². The monoisotopic (exact) mass is 312 g/mol. The van der Waals surface area contributed by atoms with Crippen LogP contribution in [0.15, 0.2) is 11.6 Å². The molecule has 0 radical (unpaired) electrons. The fourth-order valence-electron chi connectivity index (χ4n) is 2.32. The maximum atomic E-state index is 12.1. The minimum absolute atomic E-state index is 0.0337. The van der Waals surface area contributed by atoms with E-state index in [1.165, 1.54) is 0 Å². The molecule has 0 aromatic carbocycles. The zero-order valence-electron chi connectivity index (χ0n) is 13.2. The van der Waals surface area contributed by atoms with Gasteiger partial charge in [-0.15, -0.1) is 11.3 Å². The van der Waals surface area contributed by atoms with E-state index in [0.717, 1.165) is 24.4 Å². The molecular formula is C15H24N2O3S. The Balaban J connectivity index is 1.87. The molecule has 1 fully saturated rings. The molecule has 21 heavy (non-hydrogen) atoms. The van der Waals surface area contributed by atoms with Crippen molar-refractivity contribution in [1.82, 2.24) is 9.88 Å². The number of carbonyl (C=O) groups excluding carboxylic acids is 1. The molecule has 1 amide bonds.